The van der Waals surface area contributed by atoms with E-state index in [1.807, 2.05) is 12.1 Å². The van der Waals surface area contributed by atoms with Crippen LogP contribution in [0.1, 0.15) is 10.4 Å². The largest absolute Gasteiger partial charge is 0.497 e. The Hall–Kier alpha value is -2.82. The zero-order valence-electron chi connectivity index (χ0n) is 11.3. The number of aromatic nitrogens is 1. The van der Waals surface area contributed by atoms with Crippen molar-refractivity contribution < 1.29 is 13.9 Å². The van der Waals surface area contributed by atoms with Gasteiger partial charge in [-0.1, -0.05) is 6.07 Å². The number of methoxy groups -OCH3 is 1. The van der Waals surface area contributed by atoms with E-state index in [0.717, 1.165) is 10.9 Å². The average Bonchev–Trinajstić information content (AvgIpc) is 2.96. The van der Waals surface area contributed by atoms with Gasteiger partial charge in [-0.25, -0.2) is 4.39 Å². The fraction of sp³-hybridized carbons (Fsp3) is 0.0625. The molecule has 0 unspecified atom stereocenters. The van der Waals surface area contributed by atoms with E-state index in [1.165, 1.54) is 25.3 Å². The molecule has 0 aliphatic heterocycles. The van der Waals surface area contributed by atoms with E-state index < -0.39 is 5.82 Å². The summed E-state index contributed by atoms with van der Waals surface area (Å²) in [6.45, 7) is 0. The highest BCUT2D eigenvalue weighted by atomic mass is 19.1. The number of benzene rings is 2. The van der Waals surface area contributed by atoms with E-state index in [-0.39, 0.29) is 11.6 Å². The van der Waals surface area contributed by atoms with Crippen LogP contribution < -0.4 is 10.1 Å². The molecule has 0 aliphatic rings. The van der Waals surface area contributed by atoms with Crippen LogP contribution in [-0.2, 0) is 0 Å². The number of rotatable bonds is 3. The second kappa shape index (κ2) is 5.28. The summed E-state index contributed by atoms with van der Waals surface area (Å²) in [5.74, 6) is -0.407. The van der Waals surface area contributed by atoms with Crippen LogP contribution in [0, 0.1) is 5.82 Å². The molecule has 0 aliphatic carbocycles. The number of carbonyl (C=O) groups excluding carboxylic acids is 1. The number of hydrogen-bond acceptors (Lipinski definition) is 2. The van der Waals surface area contributed by atoms with E-state index in [0.29, 0.717) is 11.3 Å². The quantitative estimate of drug-likeness (QED) is 0.772. The Morgan fingerprint density at radius 2 is 2.05 bits per heavy atom. The first-order valence-electron chi connectivity index (χ1n) is 6.39. The van der Waals surface area contributed by atoms with Crippen molar-refractivity contribution in [2.75, 3.05) is 12.4 Å². The van der Waals surface area contributed by atoms with Crippen molar-refractivity contribution in [3.05, 3.63) is 60.0 Å². The van der Waals surface area contributed by atoms with E-state index in [1.54, 1.807) is 18.3 Å². The second-order valence-electron chi connectivity index (χ2n) is 4.58. The molecule has 0 fully saturated rings. The van der Waals surface area contributed by atoms with Crippen molar-refractivity contribution in [3.63, 3.8) is 0 Å². The van der Waals surface area contributed by atoms with Gasteiger partial charge >= 0.3 is 0 Å². The van der Waals surface area contributed by atoms with Crippen LogP contribution in [-0.4, -0.2) is 18.0 Å². The topological polar surface area (TPSA) is 54.1 Å². The van der Waals surface area contributed by atoms with Crippen molar-refractivity contribution in [1.82, 2.24) is 4.98 Å². The third-order valence-electron chi connectivity index (χ3n) is 3.24. The van der Waals surface area contributed by atoms with E-state index in [2.05, 4.69) is 10.3 Å². The number of ether oxygens (including phenoxy) is 1. The Labute approximate surface area is 120 Å². The van der Waals surface area contributed by atoms with Gasteiger partial charge in [0.25, 0.3) is 5.91 Å². The van der Waals surface area contributed by atoms with E-state index in [4.69, 9.17) is 4.74 Å². The lowest BCUT2D eigenvalue weighted by atomic mass is 10.1. The molecular weight excluding hydrogens is 271 g/mol. The van der Waals surface area contributed by atoms with E-state index >= 15 is 0 Å². The van der Waals surface area contributed by atoms with Crippen molar-refractivity contribution >= 4 is 22.5 Å². The lowest BCUT2D eigenvalue weighted by Gasteiger charge is -2.08. The molecule has 0 radical (unpaired) electrons. The predicted octanol–water partition coefficient (Wildman–Crippen LogP) is 3.57. The maximum Gasteiger partial charge on any atom is 0.255 e. The number of halogens is 1. The number of fused-ring (bicyclic) bond motifs is 1. The highest BCUT2D eigenvalue weighted by Crippen LogP contribution is 2.22. The normalized spacial score (nSPS) is 10.6. The summed E-state index contributed by atoms with van der Waals surface area (Å²) in [6, 6.07) is 11.4. The number of anilines is 1. The molecule has 0 bridgehead atoms. The standard InChI is InChI=1S/C16H13FN2O2/c1-21-12-4-5-13(17)15(9-12)19-16(20)11-3-2-10-6-7-18-14(10)8-11/h2-9,18H,1H3,(H,19,20). The molecule has 3 aromatic rings. The lowest BCUT2D eigenvalue weighted by molar-refractivity contribution is 0.102. The second-order valence-corrected chi connectivity index (χ2v) is 4.58. The predicted molar refractivity (Wildman–Crippen MR) is 79.2 cm³/mol. The van der Waals surface area contributed by atoms with Crippen LogP contribution in [0.25, 0.3) is 10.9 Å². The Morgan fingerprint density at radius 3 is 2.86 bits per heavy atom. The summed E-state index contributed by atoms with van der Waals surface area (Å²) in [6.07, 6.45) is 1.80. The maximum absolute atomic E-state index is 13.7. The molecule has 0 spiro atoms. The summed E-state index contributed by atoms with van der Waals surface area (Å²) < 4.78 is 18.7. The average molecular weight is 284 g/mol. The Kier molecular flexibility index (Phi) is 3.31. The maximum atomic E-state index is 13.7. The van der Waals surface area contributed by atoms with Crippen LogP contribution in [0.5, 0.6) is 5.75 Å². The fourth-order valence-electron chi connectivity index (χ4n) is 2.11. The van der Waals surface area contributed by atoms with Crippen molar-refractivity contribution in [1.29, 1.82) is 0 Å². The number of H-pyrrole nitrogens is 1. The van der Waals surface area contributed by atoms with Crippen LogP contribution in [0.15, 0.2) is 48.7 Å². The Balaban J connectivity index is 1.88. The molecule has 3 rings (SSSR count). The van der Waals surface area contributed by atoms with Gasteiger partial charge in [-0.15, -0.1) is 0 Å². The zero-order valence-corrected chi connectivity index (χ0v) is 11.3. The molecule has 0 atom stereocenters. The van der Waals surface area contributed by atoms with Gasteiger partial charge in [0.15, 0.2) is 0 Å². The van der Waals surface area contributed by atoms with Gasteiger partial charge < -0.3 is 15.0 Å². The van der Waals surface area contributed by atoms with Crippen LogP contribution in [0.4, 0.5) is 10.1 Å². The molecule has 4 nitrogen and oxygen atoms in total. The zero-order chi connectivity index (χ0) is 14.8. The SMILES string of the molecule is COc1ccc(F)c(NC(=O)c2ccc3cc[nH]c3c2)c1. The monoisotopic (exact) mass is 284 g/mol. The highest BCUT2D eigenvalue weighted by molar-refractivity contribution is 6.06. The van der Waals surface area contributed by atoms with Crippen LogP contribution in [0.2, 0.25) is 0 Å². The third-order valence-corrected chi connectivity index (χ3v) is 3.24. The minimum atomic E-state index is -0.509. The molecular formula is C16H13FN2O2. The summed E-state index contributed by atoms with van der Waals surface area (Å²) in [5, 5.41) is 3.56. The summed E-state index contributed by atoms with van der Waals surface area (Å²) >= 11 is 0. The van der Waals surface area contributed by atoms with Gasteiger partial charge in [-0.05, 0) is 35.7 Å². The van der Waals surface area contributed by atoms with Gasteiger partial charge in [0, 0.05) is 23.3 Å². The molecule has 0 saturated carbocycles. The Bertz CT molecular complexity index is 811. The van der Waals surface area contributed by atoms with Crippen molar-refractivity contribution in [3.8, 4) is 5.75 Å². The third kappa shape index (κ3) is 2.58. The first-order valence-corrected chi connectivity index (χ1v) is 6.39. The molecule has 1 heterocycles. The highest BCUT2D eigenvalue weighted by Gasteiger charge is 2.11. The lowest BCUT2D eigenvalue weighted by Crippen LogP contribution is -2.13. The molecule has 1 aromatic heterocycles. The Morgan fingerprint density at radius 1 is 1.19 bits per heavy atom. The van der Waals surface area contributed by atoms with Crippen LogP contribution in [0.3, 0.4) is 0 Å². The van der Waals surface area contributed by atoms with Gasteiger partial charge in [0.1, 0.15) is 11.6 Å². The van der Waals surface area contributed by atoms with Gasteiger partial charge in [0.05, 0.1) is 12.8 Å². The molecule has 106 valence electrons. The smallest absolute Gasteiger partial charge is 0.255 e. The summed E-state index contributed by atoms with van der Waals surface area (Å²) in [4.78, 5) is 15.2. The molecule has 1 amide bonds. The first-order chi connectivity index (χ1) is 10.2. The van der Waals surface area contributed by atoms with E-state index in [9.17, 15) is 9.18 Å². The summed E-state index contributed by atoms with van der Waals surface area (Å²) in [7, 11) is 1.48. The summed E-state index contributed by atoms with van der Waals surface area (Å²) in [5.41, 5.74) is 1.40. The first kappa shape index (κ1) is 13.2. The minimum Gasteiger partial charge on any atom is -0.497 e. The minimum absolute atomic E-state index is 0.0888. The van der Waals surface area contributed by atoms with Crippen molar-refractivity contribution in [2.24, 2.45) is 0 Å². The molecule has 5 heteroatoms. The van der Waals surface area contributed by atoms with Crippen molar-refractivity contribution in [2.45, 2.75) is 0 Å². The van der Waals surface area contributed by atoms with Crippen LogP contribution >= 0.6 is 0 Å². The number of aromatic amines is 1. The molecule has 2 N–H and O–H groups in total. The van der Waals surface area contributed by atoms with Gasteiger partial charge in [0.2, 0.25) is 0 Å². The molecule has 2 aromatic carbocycles. The van der Waals surface area contributed by atoms with Gasteiger partial charge in [-0.2, -0.15) is 0 Å². The fourth-order valence-corrected chi connectivity index (χ4v) is 2.11. The van der Waals surface area contributed by atoms with Gasteiger partial charge in [-0.3, -0.25) is 4.79 Å². The number of hydrogen-bond donors (Lipinski definition) is 2. The number of amides is 1. The molecule has 0 saturated heterocycles. The molecule has 21 heavy (non-hydrogen) atoms. The number of carbonyl (C=O) groups is 1. The number of nitrogens with one attached hydrogen (secondary N) is 2.